The summed E-state index contributed by atoms with van der Waals surface area (Å²) in [4.78, 5) is 25.6. The number of likely N-dealkylation sites (tertiary alicyclic amines) is 1. The van der Waals surface area contributed by atoms with E-state index in [9.17, 15) is 9.59 Å². The van der Waals surface area contributed by atoms with Crippen molar-refractivity contribution in [2.24, 2.45) is 0 Å². The van der Waals surface area contributed by atoms with Crippen LogP contribution in [0.5, 0.6) is 0 Å². The first-order valence-corrected chi connectivity index (χ1v) is 6.79. The summed E-state index contributed by atoms with van der Waals surface area (Å²) >= 11 is 0. The highest BCUT2D eigenvalue weighted by Crippen LogP contribution is 2.17. The summed E-state index contributed by atoms with van der Waals surface area (Å²) in [6, 6.07) is -0.398. The topological polar surface area (TPSA) is 61.4 Å². The van der Waals surface area contributed by atoms with Crippen molar-refractivity contribution in [3.8, 4) is 0 Å². The fourth-order valence-corrected chi connectivity index (χ4v) is 2.24. The second kappa shape index (κ2) is 6.61. The fraction of sp³-hybridized carbons (Fsp3) is 0.846. The van der Waals surface area contributed by atoms with Crippen molar-refractivity contribution in [2.45, 2.75) is 65.1 Å². The Bertz CT molecular complexity index is 305. The first kappa shape index (κ1) is 14.8. The van der Waals surface area contributed by atoms with Crippen LogP contribution in [0.1, 0.15) is 47.0 Å². The van der Waals surface area contributed by atoms with Crippen LogP contribution in [-0.4, -0.2) is 41.5 Å². The van der Waals surface area contributed by atoms with Gasteiger partial charge in [0.15, 0.2) is 0 Å². The lowest BCUT2D eigenvalue weighted by atomic mass is 10.0. The predicted molar refractivity (Wildman–Crippen MR) is 71.3 cm³/mol. The van der Waals surface area contributed by atoms with E-state index in [0.29, 0.717) is 0 Å². The lowest BCUT2D eigenvalue weighted by Crippen LogP contribution is -2.53. The molecular weight excluding hydrogens is 230 g/mol. The minimum atomic E-state index is -0.468. The average molecular weight is 255 g/mol. The fourth-order valence-electron chi connectivity index (χ4n) is 2.24. The Morgan fingerprint density at radius 2 is 1.83 bits per heavy atom. The molecule has 1 aliphatic heterocycles. The Kier molecular flexibility index (Phi) is 5.44. The molecule has 1 saturated heterocycles. The quantitative estimate of drug-likeness (QED) is 0.802. The minimum absolute atomic E-state index is 0.0149. The minimum Gasteiger partial charge on any atom is -0.338 e. The number of piperidine rings is 1. The number of amides is 3. The Hall–Kier alpha value is -1.26. The Labute approximate surface area is 109 Å². The number of carbonyl (C=O) groups is 2. The maximum atomic E-state index is 12.2. The molecule has 0 aromatic carbocycles. The third-order valence-electron chi connectivity index (χ3n) is 3.22. The van der Waals surface area contributed by atoms with E-state index in [4.69, 9.17) is 0 Å². The third kappa shape index (κ3) is 4.20. The molecule has 1 heterocycles. The molecule has 5 heteroatoms. The highest BCUT2D eigenvalue weighted by atomic mass is 16.2. The highest BCUT2D eigenvalue weighted by molar-refractivity contribution is 5.87. The Balaban J connectivity index is 2.47. The molecule has 5 nitrogen and oxygen atoms in total. The molecule has 1 rings (SSSR count). The van der Waals surface area contributed by atoms with Gasteiger partial charge in [0.2, 0.25) is 5.91 Å². The maximum absolute atomic E-state index is 12.2. The molecule has 0 saturated carbocycles. The van der Waals surface area contributed by atoms with E-state index in [1.807, 2.05) is 18.7 Å². The van der Waals surface area contributed by atoms with Gasteiger partial charge in [-0.1, -0.05) is 0 Å². The zero-order valence-electron chi connectivity index (χ0n) is 11.8. The monoisotopic (exact) mass is 255 g/mol. The van der Waals surface area contributed by atoms with Crippen LogP contribution in [0, 0.1) is 0 Å². The smallest absolute Gasteiger partial charge is 0.315 e. The largest absolute Gasteiger partial charge is 0.338 e. The molecule has 0 aromatic heterocycles. The van der Waals surface area contributed by atoms with E-state index in [1.54, 1.807) is 6.92 Å². The van der Waals surface area contributed by atoms with E-state index in [-0.39, 0.29) is 24.0 Å². The van der Waals surface area contributed by atoms with Gasteiger partial charge in [0.25, 0.3) is 0 Å². The van der Waals surface area contributed by atoms with Crippen LogP contribution in [0.3, 0.4) is 0 Å². The van der Waals surface area contributed by atoms with Gasteiger partial charge in [0.05, 0.1) is 0 Å². The maximum Gasteiger partial charge on any atom is 0.315 e. The number of hydrogen-bond acceptors (Lipinski definition) is 2. The van der Waals surface area contributed by atoms with E-state index in [1.165, 1.54) is 6.42 Å². The van der Waals surface area contributed by atoms with Crippen molar-refractivity contribution in [2.75, 3.05) is 6.54 Å². The molecule has 18 heavy (non-hydrogen) atoms. The summed E-state index contributed by atoms with van der Waals surface area (Å²) in [5, 5.41) is 5.41. The van der Waals surface area contributed by atoms with Crippen LogP contribution in [0.2, 0.25) is 0 Å². The second-order valence-corrected chi connectivity index (χ2v) is 5.37. The first-order valence-electron chi connectivity index (χ1n) is 6.79. The molecule has 0 unspecified atom stereocenters. The van der Waals surface area contributed by atoms with Crippen molar-refractivity contribution >= 4 is 11.9 Å². The van der Waals surface area contributed by atoms with Crippen molar-refractivity contribution in [3.05, 3.63) is 0 Å². The van der Waals surface area contributed by atoms with Gasteiger partial charge in [-0.05, 0) is 47.0 Å². The first-order chi connectivity index (χ1) is 8.41. The molecule has 0 spiro atoms. The van der Waals surface area contributed by atoms with Crippen molar-refractivity contribution in [1.82, 2.24) is 15.5 Å². The van der Waals surface area contributed by atoms with Gasteiger partial charge < -0.3 is 15.5 Å². The zero-order chi connectivity index (χ0) is 13.7. The number of carbonyl (C=O) groups excluding carboxylic acids is 2. The van der Waals surface area contributed by atoms with E-state index < -0.39 is 6.04 Å². The van der Waals surface area contributed by atoms with E-state index in [2.05, 4.69) is 17.6 Å². The number of urea groups is 1. The summed E-state index contributed by atoms with van der Waals surface area (Å²) in [7, 11) is 0. The molecule has 0 radical (unpaired) electrons. The van der Waals surface area contributed by atoms with Crippen LogP contribution in [0.15, 0.2) is 0 Å². The number of rotatable bonds is 3. The van der Waals surface area contributed by atoms with Crippen LogP contribution in [-0.2, 0) is 4.79 Å². The molecule has 2 atom stereocenters. The normalized spacial score (nSPS) is 21.6. The van der Waals surface area contributed by atoms with E-state index in [0.717, 1.165) is 19.4 Å². The van der Waals surface area contributed by atoms with Gasteiger partial charge in [-0.2, -0.15) is 0 Å². The van der Waals surface area contributed by atoms with Crippen LogP contribution in [0.4, 0.5) is 4.79 Å². The molecule has 0 aromatic rings. The predicted octanol–water partition coefficient (Wildman–Crippen LogP) is 1.48. The van der Waals surface area contributed by atoms with Crippen molar-refractivity contribution in [1.29, 1.82) is 0 Å². The molecule has 1 aliphatic rings. The van der Waals surface area contributed by atoms with Gasteiger partial charge in [0, 0.05) is 18.6 Å². The molecule has 0 bridgehead atoms. The number of nitrogens with one attached hydrogen (secondary N) is 2. The van der Waals surface area contributed by atoms with E-state index >= 15 is 0 Å². The summed E-state index contributed by atoms with van der Waals surface area (Å²) in [6.45, 7) is 8.39. The average Bonchev–Trinajstić information content (AvgIpc) is 2.27. The Morgan fingerprint density at radius 1 is 1.17 bits per heavy atom. The standard InChI is InChI=1S/C13H25N3O2/c1-9(2)14-13(18)15-11(4)12(17)16-8-6-5-7-10(16)3/h9-11H,5-8H2,1-4H3,(H2,14,15,18)/t10-,11-/m0/s1. The van der Waals surface area contributed by atoms with Crippen LogP contribution >= 0.6 is 0 Å². The lowest BCUT2D eigenvalue weighted by molar-refractivity contribution is -0.136. The molecule has 104 valence electrons. The van der Waals surface area contributed by atoms with Gasteiger partial charge in [-0.3, -0.25) is 4.79 Å². The van der Waals surface area contributed by atoms with Crippen molar-refractivity contribution < 1.29 is 9.59 Å². The zero-order valence-corrected chi connectivity index (χ0v) is 11.8. The summed E-state index contributed by atoms with van der Waals surface area (Å²) < 4.78 is 0. The number of hydrogen-bond donors (Lipinski definition) is 2. The molecule has 1 fully saturated rings. The van der Waals surface area contributed by atoms with Crippen LogP contribution in [0.25, 0.3) is 0 Å². The Morgan fingerprint density at radius 3 is 2.39 bits per heavy atom. The van der Waals surface area contributed by atoms with Gasteiger partial charge >= 0.3 is 6.03 Å². The highest BCUT2D eigenvalue weighted by Gasteiger charge is 2.27. The third-order valence-corrected chi connectivity index (χ3v) is 3.22. The lowest BCUT2D eigenvalue weighted by Gasteiger charge is -2.35. The molecule has 0 aliphatic carbocycles. The summed E-state index contributed by atoms with van der Waals surface area (Å²) in [6.07, 6.45) is 3.29. The molecular formula is C13H25N3O2. The SMILES string of the molecule is CC(C)NC(=O)N[C@@H](C)C(=O)N1CCCC[C@@H]1C. The number of nitrogens with zero attached hydrogens (tertiary/aromatic N) is 1. The van der Waals surface area contributed by atoms with Gasteiger partial charge in [0.1, 0.15) is 6.04 Å². The summed E-state index contributed by atoms with van der Waals surface area (Å²) in [5.74, 6) is 0.0149. The second-order valence-electron chi connectivity index (χ2n) is 5.37. The van der Waals surface area contributed by atoms with Crippen molar-refractivity contribution in [3.63, 3.8) is 0 Å². The van der Waals surface area contributed by atoms with Gasteiger partial charge in [-0.25, -0.2) is 4.79 Å². The van der Waals surface area contributed by atoms with Crippen LogP contribution < -0.4 is 10.6 Å². The molecule has 2 N–H and O–H groups in total. The molecule has 3 amide bonds. The summed E-state index contributed by atoms with van der Waals surface area (Å²) in [5.41, 5.74) is 0. The van der Waals surface area contributed by atoms with Gasteiger partial charge in [-0.15, -0.1) is 0 Å².